The summed E-state index contributed by atoms with van der Waals surface area (Å²) in [6, 6.07) is 3.95. The average Bonchev–Trinajstić information content (AvgIpc) is 2.80. The molecule has 1 amide bonds. The number of thiophene rings is 1. The molecule has 2 aromatic heterocycles. The van der Waals surface area contributed by atoms with Gasteiger partial charge in [0.25, 0.3) is 0 Å². The minimum absolute atomic E-state index is 0.112. The van der Waals surface area contributed by atoms with Crippen LogP contribution in [0.15, 0.2) is 29.1 Å². The molecule has 0 spiro atoms. The second kappa shape index (κ2) is 4.57. The normalized spacial score (nSPS) is 21.8. The summed E-state index contributed by atoms with van der Waals surface area (Å²) in [4.78, 5) is 12.1. The molecule has 2 aromatic rings. The van der Waals surface area contributed by atoms with E-state index in [-0.39, 0.29) is 11.8 Å². The zero-order valence-electron chi connectivity index (χ0n) is 10.2. The van der Waals surface area contributed by atoms with Crippen LogP contribution in [0, 0.1) is 5.92 Å². The van der Waals surface area contributed by atoms with Gasteiger partial charge in [0, 0.05) is 18.5 Å². The van der Waals surface area contributed by atoms with Gasteiger partial charge in [-0.15, -0.1) is 0 Å². The standard InChI is InChI=1S/C13H15N3OS/c1-2-16-12(3-5-14-16)15-13(17)11-7-10(11)9-4-6-18-8-9/h3-6,8,10-11H,2,7H2,1H3,(H,15,17)/t10-,11+/m0/s1. The van der Waals surface area contributed by atoms with Crippen molar-refractivity contribution < 1.29 is 4.79 Å². The number of nitrogens with one attached hydrogen (secondary N) is 1. The predicted octanol–water partition coefficient (Wildman–Crippen LogP) is 2.71. The minimum Gasteiger partial charge on any atom is -0.311 e. The lowest BCUT2D eigenvalue weighted by molar-refractivity contribution is -0.117. The van der Waals surface area contributed by atoms with Gasteiger partial charge in [-0.3, -0.25) is 4.79 Å². The van der Waals surface area contributed by atoms with Crippen LogP contribution in [0.1, 0.15) is 24.8 Å². The van der Waals surface area contributed by atoms with Crippen LogP contribution in [0.4, 0.5) is 5.82 Å². The van der Waals surface area contributed by atoms with Crippen molar-refractivity contribution in [2.24, 2.45) is 5.92 Å². The van der Waals surface area contributed by atoms with E-state index in [9.17, 15) is 4.79 Å². The molecule has 1 fully saturated rings. The first-order valence-corrected chi connectivity index (χ1v) is 7.08. The highest BCUT2D eigenvalue weighted by molar-refractivity contribution is 7.08. The maximum absolute atomic E-state index is 12.1. The smallest absolute Gasteiger partial charge is 0.229 e. The molecule has 3 rings (SSSR count). The Kier molecular flexibility index (Phi) is 2.91. The number of rotatable bonds is 4. The monoisotopic (exact) mass is 261 g/mol. The number of carbonyl (C=O) groups excluding carboxylic acids is 1. The highest BCUT2D eigenvalue weighted by Crippen LogP contribution is 2.48. The van der Waals surface area contributed by atoms with Crippen molar-refractivity contribution >= 4 is 23.1 Å². The van der Waals surface area contributed by atoms with Gasteiger partial charge in [-0.25, -0.2) is 4.68 Å². The molecule has 0 bridgehead atoms. The second-order valence-electron chi connectivity index (χ2n) is 4.53. The predicted molar refractivity (Wildman–Crippen MR) is 71.7 cm³/mol. The number of aromatic nitrogens is 2. The van der Waals surface area contributed by atoms with E-state index in [0.29, 0.717) is 5.92 Å². The quantitative estimate of drug-likeness (QED) is 0.919. The van der Waals surface area contributed by atoms with Crippen molar-refractivity contribution in [1.82, 2.24) is 9.78 Å². The Hall–Kier alpha value is -1.62. The van der Waals surface area contributed by atoms with E-state index in [1.165, 1.54) is 5.56 Å². The van der Waals surface area contributed by atoms with Gasteiger partial charge in [0.15, 0.2) is 0 Å². The lowest BCUT2D eigenvalue weighted by Gasteiger charge is -2.06. The van der Waals surface area contributed by atoms with E-state index in [1.54, 1.807) is 22.2 Å². The molecule has 2 atom stereocenters. The van der Waals surface area contributed by atoms with Crippen molar-refractivity contribution in [3.63, 3.8) is 0 Å². The van der Waals surface area contributed by atoms with Gasteiger partial charge in [-0.05, 0) is 41.7 Å². The maximum Gasteiger partial charge on any atom is 0.229 e. The van der Waals surface area contributed by atoms with Crippen molar-refractivity contribution in [3.05, 3.63) is 34.7 Å². The maximum atomic E-state index is 12.1. The zero-order valence-corrected chi connectivity index (χ0v) is 11.0. The summed E-state index contributed by atoms with van der Waals surface area (Å²) in [5.74, 6) is 1.44. The Bertz CT molecular complexity index is 546. The van der Waals surface area contributed by atoms with Gasteiger partial charge >= 0.3 is 0 Å². The van der Waals surface area contributed by atoms with Crippen LogP contribution in [0.2, 0.25) is 0 Å². The Morgan fingerprint density at radius 3 is 3.22 bits per heavy atom. The molecule has 18 heavy (non-hydrogen) atoms. The van der Waals surface area contributed by atoms with Gasteiger partial charge in [0.05, 0.1) is 6.20 Å². The highest BCUT2D eigenvalue weighted by Gasteiger charge is 2.44. The van der Waals surface area contributed by atoms with Gasteiger partial charge in [0.2, 0.25) is 5.91 Å². The topological polar surface area (TPSA) is 46.9 Å². The third-order valence-electron chi connectivity index (χ3n) is 3.37. The highest BCUT2D eigenvalue weighted by atomic mass is 32.1. The molecular weight excluding hydrogens is 246 g/mol. The Balaban J connectivity index is 1.64. The van der Waals surface area contributed by atoms with Gasteiger partial charge in [-0.1, -0.05) is 0 Å². The number of carbonyl (C=O) groups is 1. The van der Waals surface area contributed by atoms with Crippen LogP contribution in [0.25, 0.3) is 0 Å². The molecule has 1 aliphatic rings. The molecule has 94 valence electrons. The van der Waals surface area contributed by atoms with Crippen molar-refractivity contribution in [2.45, 2.75) is 25.8 Å². The van der Waals surface area contributed by atoms with Crippen molar-refractivity contribution in [1.29, 1.82) is 0 Å². The fourth-order valence-corrected chi connectivity index (χ4v) is 2.97. The third kappa shape index (κ3) is 2.06. The van der Waals surface area contributed by atoms with E-state index in [1.807, 2.05) is 13.0 Å². The molecular formula is C13H15N3OS. The third-order valence-corrected chi connectivity index (χ3v) is 4.07. The van der Waals surface area contributed by atoms with Crippen LogP contribution in [-0.4, -0.2) is 15.7 Å². The first-order valence-electron chi connectivity index (χ1n) is 6.14. The van der Waals surface area contributed by atoms with Gasteiger partial charge in [-0.2, -0.15) is 16.4 Å². The average molecular weight is 261 g/mol. The van der Waals surface area contributed by atoms with Gasteiger partial charge in [0.1, 0.15) is 5.82 Å². The van der Waals surface area contributed by atoms with Crippen LogP contribution >= 0.6 is 11.3 Å². The van der Waals surface area contributed by atoms with Crippen LogP contribution in [0.5, 0.6) is 0 Å². The molecule has 0 aliphatic heterocycles. The molecule has 0 aromatic carbocycles. The lowest BCUT2D eigenvalue weighted by atomic mass is 10.2. The first kappa shape index (κ1) is 11.5. The summed E-state index contributed by atoms with van der Waals surface area (Å²) in [5, 5.41) is 11.3. The Morgan fingerprint density at radius 2 is 2.50 bits per heavy atom. The molecule has 2 heterocycles. The van der Waals surface area contributed by atoms with E-state index >= 15 is 0 Å². The molecule has 4 nitrogen and oxygen atoms in total. The Labute approximate surface area is 110 Å². The summed E-state index contributed by atoms with van der Waals surface area (Å²) < 4.78 is 1.79. The fourth-order valence-electron chi connectivity index (χ4n) is 2.25. The fraction of sp³-hybridized carbons (Fsp3) is 0.385. The summed E-state index contributed by atoms with van der Waals surface area (Å²) in [6.07, 6.45) is 2.67. The largest absolute Gasteiger partial charge is 0.311 e. The minimum atomic E-state index is 0.112. The van der Waals surface area contributed by atoms with Crippen LogP contribution in [-0.2, 0) is 11.3 Å². The lowest BCUT2D eigenvalue weighted by Crippen LogP contribution is -2.17. The molecule has 1 N–H and O–H groups in total. The number of hydrogen-bond acceptors (Lipinski definition) is 3. The molecule has 1 saturated carbocycles. The zero-order chi connectivity index (χ0) is 12.5. The van der Waals surface area contributed by atoms with Crippen LogP contribution in [0.3, 0.4) is 0 Å². The molecule has 5 heteroatoms. The summed E-state index contributed by atoms with van der Waals surface area (Å²) in [6.45, 7) is 2.77. The summed E-state index contributed by atoms with van der Waals surface area (Å²) in [7, 11) is 0. The number of hydrogen-bond donors (Lipinski definition) is 1. The van der Waals surface area contributed by atoms with Crippen molar-refractivity contribution in [3.8, 4) is 0 Å². The summed E-state index contributed by atoms with van der Waals surface area (Å²) >= 11 is 1.69. The van der Waals surface area contributed by atoms with E-state index in [4.69, 9.17) is 0 Å². The number of aryl methyl sites for hydroxylation is 1. The van der Waals surface area contributed by atoms with Gasteiger partial charge < -0.3 is 5.32 Å². The van der Waals surface area contributed by atoms with E-state index in [2.05, 4.69) is 27.2 Å². The number of amides is 1. The molecule has 1 aliphatic carbocycles. The molecule has 0 radical (unpaired) electrons. The van der Waals surface area contributed by atoms with Crippen molar-refractivity contribution in [2.75, 3.05) is 5.32 Å². The summed E-state index contributed by atoms with van der Waals surface area (Å²) in [5.41, 5.74) is 1.30. The van der Waals surface area contributed by atoms with E-state index < -0.39 is 0 Å². The second-order valence-corrected chi connectivity index (χ2v) is 5.31. The SMILES string of the molecule is CCn1nccc1NC(=O)[C@@H]1C[C@H]1c1ccsc1. The van der Waals surface area contributed by atoms with E-state index in [0.717, 1.165) is 18.8 Å². The van der Waals surface area contributed by atoms with Crippen LogP contribution < -0.4 is 5.32 Å². The Morgan fingerprint density at radius 1 is 1.61 bits per heavy atom. The first-order chi connectivity index (χ1) is 8.79. The molecule has 0 unspecified atom stereocenters. The molecule has 0 saturated heterocycles. The number of anilines is 1. The number of nitrogens with zero attached hydrogens (tertiary/aromatic N) is 2.